The number of sulfonamides is 1. The number of rotatable bonds is 5. The van der Waals surface area contributed by atoms with E-state index in [2.05, 4.69) is 20.9 Å². The largest absolute Gasteiger partial charge is 0.284 e. The summed E-state index contributed by atoms with van der Waals surface area (Å²) in [6.07, 6.45) is 3.81. The van der Waals surface area contributed by atoms with E-state index in [1.165, 1.54) is 0 Å². The Morgan fingerprint density at radius 3 is 2.63 bits per heavy atom. The smallest absolute Gasteiger partial charge is 0.242 e. The van der Waals surface area contributed by atoms with Gasteiger partial charge in [0.1, 0.15) is 0 Å². The van der Waals surface area contributed by atoms with E-state index >= 15 is 0 Å². The number of nitrogens with zero attached hydrogens (tertiary/aromatic N) is 3. The van der Waals surface area contributed by atoms with Crippen LogP contribution >= 0.6 is 0 Å². The van der Waals surface area contributed by atoms with Crippen molar-refractivity contribution in [2.75, 3.05) is 11.0 Å². The van der Waals surface area contributed by atoms with Gasteiger partial charge in [-0.25, -0.2) is 13.4 Å². The van der Waals surface area contributed by atoms with Crippen LogP contribution in [-0.2, 0) is 14.8 Å². The number of nitrogens with one attached hydrogen (secondary N) is 1. The predicted octanol–water partition coefficient (Wildman–Crippen LogP) is 3.69. The number of fused-ring (bicyclic) bond motifs is 1. The van der Waals surface area contributed by atoms with Gasteiger partial charge in [-0.15, -0.1) is 0 Å². The fourth-order valence-corrected chi connectivity index (χ4v) is 4.15. The average molecular weight is 423 g/mol. The van der Waals surface area contributed by atoms with Gasteiger partial charge in [-0.1, -0.05) is 31.2 Å². The van der Waals surface area contributed by atoms with E-state index in [0.29, 0.717) is 18.5 Å². The molecule has 0 spiro atoms. The second-order valence-electron chi connectivity index (χ2n) is 7.27. The minimum Gasteiger partial charge on any atom is -0.284 e. The van der Waals surface area contributed by atoms with Gasteiger partial charge in [0, 0.05) is 30.1 Å². The van der Waals surface area contributed by atoms with Crippen molar-refractivity contribution < 1.29 is 13.2 Å². The van der Waals surface area contributed by atoms with E-state index in [1.54, 1.807) is 23.3 Å². The number of aromatic nitrogens is 1. The monoisotopic (exact) mass is 422 g/mol. The van der Waals surface area contributed by atoms with Gasteiger partial charge in [-0.3, -0.25) is 14.5 Å². The Labute approximate surface area is 175 Å². The molecule has 0 fully saturated rings. The van der Waals surface area contributed by atoms with Crippen LogP contribution < -0.4 is 4.72 Å². The second kappa shape index (κ2) is 7.87. The lowest BCUT2D eigenvalue weighted by Gasteiger charge is -2.21. The first kappa shape index (κ1) is 20.0. The van der Waals surface area contributed by atoms with Crippen LogP contribution in [0.15, 0.2) is 65.9 Å². The van der Waals surface area contributed by atoms with E-state index in [-0.39, 0.29) is 11.9 Å². The van der Waals surface area contributed by atoms with Gasteiger partial charge in [0.05, 0.1) is 23.5 Å². The Kier molecular flexibility index (Phi) is 5.26. The quantitative estimate of drug-likeness (QED) is 0.679. The second-order valence-corrected chi connectivity index (χ2v) is 9.01. The Balaban J connectivity index is 1.65. The number of hydrogen-bond donors (Lipinski definition) is 1. The number of carbonyl (C=O) groups is 1. The molecule has 0 saturated carbocycles. The zero-order valence-electron chi connectivity index (χ0n) is 16.7. The van der Waals surface area contributed by atoms with E-state index < -0.39 is 10.0 Å². The molecule has 1 atom stereocenters. The number of hydrogen-bond acceptors (Lipinski definition) is 5. The highest BCUT2D eigenvalue weighted by Crippen LogP contribution is 2.34. The molecule has 1 amide bonds. The van der Waals surface area contributed by atoms with E-state index in [0.717, 1.165) is 34.0 Å². The van der Waals surface area contributed by atoms with E-state index in [1.807, 2.05) is 43.3 Å². The molecule has 1 N–H and O–H groups in total. The van der Waals surface area contributed by atoms with Crippen LogP contribution in [0.3, 0.4) is 0 Å². The Bertz CT molecular complexity index is 1240. The minimum atomic E-state index is -3.33. The van der Waals surface area contributed by atoms with Crippen LogP contribution in [0.4, 0.5) is 5.69 Å². The topological polar surface area (TPSA) is 91.7 Å². The van der Waals surface area contributed by atoms with Crippen molar-refractivity contribution in [3.05, 3.63) is 71.9 Å². The standard InChI is InChI=1S/C22H22N4O3S/c1-3-22(27)26-21(17-8-11-19-16(13-17)5-4-12-23-19)14-20(24-26)15-6-9-18(10-7-15)25-30(2,28)29/h4-13,21,25H,3,14H2,1-2H3/t21-/m1/s1. The van der Waals surface area contributed by atoms with Crippen molar-refractivity contribution in [3.63, 3.8) is 0 Å². The number of benzene rings is 2. The van der Waals surface area contributed by atoms with E-state index in [4.69, 9.17) is 0 Å². The first-order valence-corrected chi connectivity index (χ1v) is 11.6. The SMILES string of the molecule is CCC(=O)N1N=C(c2ccc(NS(C)(=O)=O)cc2)C[C@@H]1c1ccc2ncccc2c1. The molecule has 0 unspecified atom stereocenters. The molecule has 30 heavy (non-hydrogen) atoms. The summed E-state index contributed by atoms with van der Waals surface area (Å²) in [6, 6.07) is 16.7. The minimum absolute atomic E-state index is 0.0448. The van der Waals surface area contributed by atoms with Crippen molar-refractivity contribution in [3.8, 4) is 0 Å². The molecule has 7 nitrogen and oxygen atoms in total. The molecule has 0 radical (unpaired) electrons. The van der Waals surface area contributed by atoms with Gasteiger partial charge >= 0.3 is 0 Å². The molecule has 1 aromatic heterocycles. The number of amides is 1. The fraction of sp³-hybridized carbons (Fsp3) is 0.227. The van der Waals surface area contributed by atoms with Crippen molar-refractivity contribution in [2.24, 2.45) is 5.10 Å². The third-order valence-corrected chi connectivity index (χ3v) is 5.61. The summed E-state index contributed by atoms with van der Waals surface area (Å²) < 4.78 is 25.3. The summed E-state index contributed by atoms with van der Waals surface area (Å²) in [5.74, 6) is -0.0448. The van der Waals surface area contributed by atoms with Crippen LogP contribution in [0.5, 0.6) is 0 Å². The first-order chi connectivity index (χ1) is 14.3. The van der Waals surface area contributed by atoms with Crippen molar-refractivity contribution in [1.82, 2.24) is 9.99 Å². The molecule has 0 bridgehead atoms. The number of pyridine rings is 1. The van der Waals surface area contributed by atoms with Crippen LogP contribution in [0.25, 0.3) is 10.9 Å². The maximum Gasteiger partial charge on any atom is 0.242 e. The molecule has 154 valence electrons. The third-order valence-electron chi connectivity index (χ3n) is 5.00. The van der Waals surface area contributed by atoms with Gasteiger partial charge < -0.3 is 0 Å². The summed E-state index contributed by atoms with van der Waals surface area (Å²) in [7, 11) is -3.33. The van der Waals surface area contributed by atoms with Crippen molar-refractivity contribution in [2.45, 2.75) is 25.8 Å². The fourth-order valence-electron chi connectivity index (χ4n) is 3.58. The normalized spacial score (nSPS) is 16.5. The Hall–Kier alpha value is -3.26. The van der Waals surface area contributed by atoms with Gasteiger partial charge in [-0.05, 0) is 41.5 Å². The number of hydrazone groups is 1. The molecular weight excluding hydrogens is 400 g/mol. The van der Waals surface area contributed by atoms with Gasteiger partial charge in [0.25, 0.3) is 0 Å². The van der Waals surface area contributed by atoms with Gasteiger partial charge in [0.2, 0.25) is 15.9 Å². The highest BCUT2D eigenvalue weighted by molar-refractivity contribution is 7.92. The third kappa shape index (κ3) is 4.18. The lowest BCUT2D eigenvalue weighted by atomic mass is 9.97. The summed E-state index contributed by atoms with van der Waals surface area (Å²) in [5.41, 5.74) is 4.04. The van der Waals surface area contributed by atoms with Crippen LogP contribution in [0.1, 0.15) is 36.9 Å². The summed E-state index contributed by atoms with van der Waals surface area (Å²) in [4.78, 5) is 16.9. The molecule has 2 aromatic carbocycles. The van der Waals surface area contributed by atoms with E-state index in [9.17, 15) is 13.2 Å². The summed E-state index contributed by atoms with van der Waals surface area (Å²) in [6.45, 7) is 1.82. The van der Waals surface area contributed by atoms with Gasteiger partial charge in [-0.2, -0.15) is 5.10 Å². The van der Waals surface area contributed by atoms with Gasteiger partial charge in [0.15, 0.2) is 0 Å². The maximum atomic E-state index is 12.6. The summed E-state index contributed by atoms with van der Waals surface area (Å²) in [5, 5.41) is 7.20. The zero-order valence-corrected chi connectivity index (χ0v) is 17.6. The highest BCUT2D eigenvalue weighted by Gasteiger charge is 2.32. The van der Waals surface area contributed by atoms with Crippen molar-refractivity contribution in [1.29, 1.82) is 0 Å². The first-order valence-electron chi connectivity index (χ1n) is 9.66. The molecule has 0 aliphatic carbocycles. The molecule has 1 aliphatic rings. The summed E-state index contributed by atoms with van der Waals surface area (Å²) >= 11 is 0. The van der Waals surface area contributed by atoms with Crippen LogP contribution in [0, 0.1) is 0 Å². The lowest BCUT2D eigenvalue weighted by molar-refractivity contribution is -0.132. The molecule has 2 heterocycles. The molecule has 4 rings (SSSR count). The molecule has 3 aromatic rings. The lowest BCUT2D eigenvalue weighted by Crippen LogP contribution is -2.26. The predicted molar refractivity (Wildman–Crippen MR) is 118 cm³/mol. The maximum absolute atomic E-state index is 12.6. The number of carbonyl (C=O) groups excluding carboxylic acids is 1. The van der Waals surface area contributed by atoms with Crippen LogP contribution in [0.2, 0.25) is 0 Å². The molecule has 0 saturated heterocycles. The Morgan fingerprint density at radius 2 is 1.93 bits per heavy atom. The molecule has 8 heteroatoms. The zero-order chi connectivity index (χ0) is 21.3. The molecular formula is C22H22N4O3S. The molecule has 1 aliphatic heterocycles. The van der Waals surface area contributed by atoms with Crippen LogP contribution in [-0.4, -0.2) is 36.3 Å². The number of anilines is 1. The highest BCUT2D eigenvalue weighted by atomic mass is 32.2. The Morgan fingerprint density at radius 1 is 1.17 bits per heavy atom. The average Bonchev–Trinajstić information content (AvgIpc) is 3.17. The van der Waals surface area contributed by atoms with Crippen molar-refractivity contribution >= 4 is 38.2 Å².